The molecular weight excluding hydrogens is 472 g/mol. The zero-order valence-corrected chi connectivity index (χ0v) is 19.0. The molecule has 3 aliphatic rings. The summed E-state index contributed by atoms with van der Waals surface area (Å²) in [7, 11) is 0. The quantitative estimate of drug-likeness (QED) is 0.546. The molecule has 0 aliphatic carbocycles. The standard InChI is InChI=1S/C24H18N4O6S/c29-20-7-13(10-27(20)14-5-6-18-19(8-14)34-12-33-18)21(30)26-24-25-9-15(35-24)11-28-22(31)16-3-1-2-4-17(16)23(28)32/h1-6,8-9,13H,7,10-12H2,(H,25,26,30). The first-order chi connectivity index (χ1) is 17.0. The molecule has 0 radical (unpaired) electrons. The Labute approximate surface area is 203 Å². The molecule has 2 aromatic carbocycles. The number of nitrogens with one attached hydrogen (secondary N) is 1. The summed E-state index contributed by atoms with van der Waals surface area (Å²) in [4.78, 5) is 58.2. The lowest BCUT2D eigenvalue weighted by Gasteiger charge is -2.17. The van der Waals surface area contributed by atoms with Crippen LogP contribution in [-0.2, 0) is 16.1 Å². The summed E-state index contributed by atoms with van der Waals surface area (Å²) >= 11 is 1.18. The van der Waals surface area contributed by atoms with Crippen molar-refractivity contribution < 1.29 is 28.7 Å². The van der Waals surface area contributed by atoms with Crippen LogP contribution < -0.4 is 19.7 Å². The van der Waals surface area contributed by atoms with Crippen LogP contribution in [0.25, 0.3) is 0 Å². The molecule has 1 N–H and O–H groups in total. The molecule has 11 heteroatoms. The van der Waals surface area contributed by atoms with E-state index in [0.29, 0.717) is 38.3 Å². The second-order valence-electron chi connectivity index (χ2n) is 8.31. The highest BCUT2D eigenvalue weighted by Gasteiger charge is 2.37. The van der Waals surface area contributed by atoms with E-state index in [4.69, 9.17) is 9.47 Å². The molecule has 3 aliphatic heterocycles. The van der Waals surface area contributed by atoms with Crippen molar-refractivity contribution in [2.24, 2.45) is 5.92 Å². The van der Waals surface area contributed by atoms with E-state index in [0.717, 1.165) is 0 Å². The number of anilines is 2. The van der Waals surface area contributed by atoms with Crippen LogP contribution in [0.5, 0.6) is 11.5 Å². The zero-order valence-electron chi connectivity index (χ0n) is 18.2. The Morgan fingerprint density at radius 1 is 1.06 bits per heavy atom. The fourth-order valence-corrected chi connectivity index (χ4v) is 5.17. The first-order valence-corrected chi connectivity index (χ1v) is 11.7. The van der Waals surface area contributed by atoms with Crippen LogP contribution in [0.4, 0.5) is 10.8 Å². The van der Waals surface area contributed by atoms with Crippen LogP contribution in [0, 0.1) is 5.92 Å². The van der Waals surface area contributed by atoms with Gasteiger partial charge in [-0.3, -0.25) is 24.1 Å². The minimum absolute atomic E-state index is 0.0691. The SMILES string of the molecule is O=C(Nc1ncc(CN2C(=O)c3ccccc3C2=O)s1)C1CC(=O)N(c2ccc3c(c2)OCO3)C1. The highest BCUT2D eigenvalue weighted by Crippen LogP contribution is 2.37. The van der Waals surface area contributed by atoms with Crippen molar-refractivity contribution >= 4 is 45.8 Å². The number of thiazole rings is 1. The maximum absolute atomic E-state index is 12.8. The average Bonchev–Trinajstić information content (AvgIpc) is 3.64. The van der Waals surface area contributed by atoms with Crippen LogP contribution in [0.2, 0.25) is 0 Å². The number of carbonyl (C=O) groups excluding carboxylic acids is 4. The Morgan fingerprint density at radius 3 is 2.57 bits per heavy atom. The lowest BCUT2D eigenvalue weighted by molar-refractivity contribution is -0.122. The third-order valence-corrected chi connectivity index (χ3v) is 7.04. The minimum atomic E-state index is -0.545. The molecule has 35 heavy (non-hydrogen) atoms. The Bertz CT molecular complexity index is 1370. The van der Waals surface area contributed by atoms with Gasteiger partial charge in [0, 0.05) is 35.8 Å². The number of carbonyl (C=O) groups is 4. The van der Waals surface area contributed by atoms with Gasteiger partial charge in [-0.05, 0) is 24.3 Å². The number of ether oxygens (including phenoxy) is 2. The lowest BCUT2D eigenvalue weighted by atomic mass is 10.1. The summed E-state index contributed by atoms with van der Waals surface area (Å²) in [6, 6.07) is 11.9. The average molecular weight is 490 g/mol. The van der Waals surface area contributed by atoms with Gasteiger partial charge in [0.25, 0.3) is 11.8 Å². The molecule has 0 saturated carbocycles. The number of rotatable bonds is 5. The minimum Gasteiger partial charge on any atom is -0.454 e. The number of benzene rings is 2. The van der Waals surface area contributed by atoms with Crippen molar-refractivity contribution in [2.45, 2.75) is 13.0 Å². The number of imide groups is 1. The number of hydrogen-bond donors (Lipinski definition) is 1. The van der Waals surface area contributed by atoms with Crippen molar-refractivity contribution in [1.82, 2.24) is 9.88 Å². The zero-order chi connectivity index (χ0) is 24.1. The van der Waals surface area contributed by atoms with Crippen LogP contribution in [0.1, 0.15) is 32.0 Å². The predicted octanol–water partition coefficient (Wildman–Crippen LogP) is 2.66. The Morgan fingerprint density at radius 2 is 1.80 bits per heavy atom. The molecule has 176 valence electrons. The smallest absolute Gasteiger partial charge is 0.261 e. The van der Waals surface area contributed by atoms with Crippen molar-refractivity contribution in [2.75, 3.05) is 23.6 Å². The maximum Gasteiger partial charge on any atom is 0.261 e. The summed E-state index contributed by atoms with van der Waals surface area (Å²) in [5.74, 6) is -0.531. The first kappa shape index (κ1) is 21.3. The fourth-order valence-electron chi connectivity index (χ4n) is 4.37. The van der Waals surface area contributed by atoms with Crippen LogP contribution in [-0.4, -0.2) is 46.9 Å². The molecule has 6 rings (SSSR count). The second-order valence-corrected chi connectivity index (χ2v) is 9.42. The topological polar surface area (TPSA) is 118 Å². The van der Waals surface area contributed by atoms with E-state index in [9.17, 15) is 19.2 Å². The summed E-state index contributed by atoms with van der Waals surface area (Å²) in [5, 5.41) is 3.10. The van der Waals surface area contributed by atoms with Crippen LogP contribution in [0.3, 0.4) is 0 Å². The monoisotopic (exact) mass is 490 g/mol. The predicted molar refractivity (Wildman–Crippen MR) is 124 cm³/mol. The van der Waals surface area contributed by atoms with Gasteiger partial charge >= 0.3 is 0 Å². The molecule has 1 unspecified atom stereocenters. The Balaban J connectivity index is 1.10. The molecule has 1 aromatic heterocycles. The molecule has 0 spiro atoms. The van der Waals surface area contributed by atoms with E-state index in [1.807, 2.05) is 0 Å². The highest BCUT2D eigenvalue weighted by atomic mass is 32.1. The van der Waals surface area contributed by atoms with Gasteiger partial charge in [-0.15, -0.1) is 0 Å². The van der Waals surface area contributed by atoms with Crippen LogP contribution in [0.15, 0.2) is 48.7 Å². The molecule has 0 bridgehead atoms. The fraction of sp³-hybridized carbons (Fsp3) is 0.208. The molecular formula is C24H18N4O6S. The molecule has 1 fully saturated rings. The summed E-state index contributed by atoms with van der Waals surface area (Å²) in [6.07, 6.45) is 1.61. The summed E-state index contributed by atoms with van der Waals surface area (Å²) in [5.41, 5.74) is 1.41. The highest BCUT2D eigenvalue weighted by molar-refractivity contribution is 7.15. The van der Waals surface area contributed by atoms with Crippen LogP contribution >= 0.6 is 11.3 Å². The van der Waals surface area contributed by atoms with Gasteiger partial charge in [0.05, 0.1) is 23.6 Å². The van der Waals surface area contributed by atoms with Gasteiger partial charge in [-0.25, -0.2) is 4.98 Å². The first-order valence-electron chi connectivity index (χ1n) is 10.9. The largest absolute Gasteiger partial charge is 0.454 e. The molecule has 3 aromatic rings. The van der Waals surface area contributed by atoms with E-state index in [1.165, 1.54) is 22.4 Å². The number of nitrogens with zero attached hydrogens (tertiary/aromatic N) is 3. The van der Waals surface area contributed by atoms with Gasteiger partial charge < -0.3 is 19.7 Å². The molecule has 1 saturated heterocycles. The van der Waals surface area contributed by atoms with Gasteiger partial charge in [-0.2, -0.15) is 0 Å². The Hall–Kier alpha value is -4.25. The van der Waals surface area contributed by atoms with Crippen molar-refractivity contribution in [3.05, 3.63) is 64.7 Å². The number of amides is 4. The third kappa shape index (κ3) is 3.69. The number of aromatic nitrogens is 1. The molecule has 4 amide bonds. The van der Waals surface area contributed by atoms with E-state index in [-0.39, 0.29) is 49.9 Å². The molecule has 4 heterocycles. The summed E-state index contributed by atoms with van der Waals surface area (Å²) < 4.78 is 10.7. The normalized spacial score (nSPS) is 18.4. The summed E-state index contributed by atoms with van der Waals surface area (Å²) in [6.45, 7) is 0.442. The molecule has 1 atom stereocenters. The lowest BCUT2D eigenvalue weighted by Crippen LogP contribution is -2.28. The number of fused-ring (bicyclic) bond motifs is 2. The van der Waals surface area contributed by atoms with E-state index < -0.39 is 5.92 Å². The number of hydrogen-bond acceptors (Lipinski definition) is 8. The van der Waals surface area contributed by atoms with Gasteiger partial charge in [0.1, 0.15) is 0 Å². The van der Waals surface area contributed by atoms with E-state index in [1.54, 1.807) is 47.4 Å². The van der Waals surface area contributed by atoms with Crippen molar-refractivity contribution in [3.8, 4) is 11.5 Å². The second kappa shape index (κ2) is 8.20. The van der Waals surface area contributed by atoms with Crippen molar-refractivity contribution in [1.29, 1.82) is 0 Å². The van der Waals surface area contributed by atoms with Crippen molar-refractivity contribution in [3.63, 3.8) is 0 Å². The third-order valence-electron chi connectivity index (χ3n) is 6.14. The van der Waals surface area contributed by atoms with E-state index >= 15 is 0 Å². The van der Waals surface area contributed by atoms with Gasteiger partial charge in [0.15, 0.2) is 16.6 Å². The Kier molecular flexibility index (Phi) is 4.99. The van der Waals surface area contributed by atoms with Gasteiger partial charge in [0.2, 0.25) is 18.6 Å². The van der Waals surface area contributed by atoms with E-state index in [2.05, 4.69) is 10.3 Å². The van der Waals surface area contributed by atoms with Gasteiger partial charge in [-0.1, -0.05) is 23.5 Å². The maximum atomic E-state index is 12.8. The molecule has 10 nitrogen and oxygen atoms in total.